The first-order valence-corrected chi connectivity index (χ1v) is 7.31. The van der Waals surface area contributed by atoms with Gasteiger partial charge in [0, 0.05) is 5.02 Å². The summed E-state index contributed by atoms with van der Waals surface area (Å²) in [5, 5.41) is 2.78. The van der Waals surface area contributed by atoms with Crippen LogP contribution in [0.5, 0.6) is 5.75 Å². The van der Waals surface area contributed by atoms with Crippen molar-refractivity contribution >= 4 is 44.8 Å². The smallest absolute Gasteiger partial charge is 0.268 e. The first-order valence-electron chi connectivity index (χ1n) is 5.68. The molecule has 0 spiro atoms. The van der Waals surface area contributed by atoms with Crippen LogP contribution in [-0.2, 0) is 6.61 Å². The second-order valence-electron chi connectivity index (χ2n) is 4.01. The van der Waals surface area contributed by atoms with Crippen LogP contribution in [0.3, 0.4) is 0 Å². The van der Waals surface area contributed by atoms with Gasteiger partial charge in [-0.15, -0.1) is 11.3 Å². The Hall–Kier alpha value is -1.56. The second kappa shape index (κ2) is 5.44. The number of fused-ring (bicyclic) bond motifs is 1. The first kappa shape index (κ1) is 13.4. The van der Waals surface area contributed by atoms with E-state index in [-0.39, 0.29) is 12.2 Å². The number of hydrogen-bond acceptors (Lipinski definition) is 4. The number of H-pyrrole nitrogens is 1. The summed E-state index contributed by atoms with van der Waals surface area (Å²) in [7, 11) is 0. The van der Waals surface area contributed by atoms with Gasteiger partial charge in [-0.3, -0.25) is 4.79 Å². The highest BCUT2D eigenvalue weighted by atomic mass is 35.5. The van der Waals surface area contributed by atoms with E-state index in [4.69, 9.17) is 27.9 Å². The molecule has 0 radical (unpaired) electrons. The Bertz CT molecular complexity index is 829. The first-order chi connectivity index (χ1) is 9.63. The zero-order chi connectivity index (χ0) is 14.1. The van der Waals surface area contributed by atoms with Crippen molar-refractivity contribution in [1.82, 2.24) is 9.97 Å². The predicted molar refractivity (Wildman–Crippen MR) is 81.0 cm³/mol. The zero-order valence-corrected chi connectivity index (χ0v) is 12.4. The second-order valence-corrected chi connectivity index (χ2v) is 5.77. The maximum absolute atomic E-state index is 11.8. The van der Waals surface area contributed by atoms with E-state index in [0.29, 0.717) is 31.8 Å². The average Bonchev–Trinajstić information content (AvgIpc) is 2.86. The number of rotatable bonds is 3. The van der Waals surface area contributed by atoms with E-state index in [0.717, 1.165) is 0 Å². The summed E-state index contributed by atoms with van der Waals surface area (Å²) < 4.78 is 6.15. The SMILES string of the molecule is O=c1[nH]c(COc2ccc(Cl)cc2Cl)nc2ccsc12. The van der Waals surface area contributed by atoms with Crippen LogP contribution in [0.25, 0.3) is 10.2 Å². The number of ether oxygens (including phenoxy) is 1. The molecule has 0 aliphatic rings. The molecule has 2 heterocycles. The Morgan fingerprint density at radius 2 is 2.15 bits per heavy atom. The minimum absolute atomic E-state index is 0.127. The van der Waals surface area contributed by atoms with Crippen LogP contribution < -0.4 is 10.3 Å². The summed E-state index contributed by atoms with van der Waals surface area (Å²) in [5.41, 5.74) is 0.505. The number of halogens is 2. The van der Waals surface area contributed by atoms with E-state index >= 15 is 0 Å². The van der Waals surface area contributed by atoms with Gasteiger partial charge in [0.05, 0.1) is 10.5 Å². The van der Waals surface area contributed by atoms with Gasteiger partial charge in [0.1, 0.15) is 22.9 Å². The lowest BCUT2D eigenvalue weighted by Gasteiger charge is -2.07. The monoisotopic (exact) mass is 326 g/mol. The van der Waals surface area contributed by atoms with E-state index in [2.05, 4.69) is 9.97 Å². The van der Waals surface area contributed by atoms with E-state index in [1.807, 2.05) is 5.38 Å². The number of nitrogens with zero attached hydrogens (tertiary/aromatic N) is 1. The molecule has 1 aromatic carbocycles. The van der Waals surface area contributed by atoms with Crippen molar-refractivity contribution in [3.8, 4) is 5.75 Å². The molecule has 1 N–H and O–H groups in total. The highest BCUT2D eigenvalue weighted by Gasteiger charge is 2.07. The maximum atomic E-state index is 11.8. The molecule has 2 aromatic heterocycles. The van der Waals surface area contributed by atoms with E-state index in [9.17, 15) is 4.79 Å². The molecule has 0 saturated carbocycles. The van der Waals surface area contributed by atoms with Crippen molar-refractivity contribution in [2.75, 3.05) is 0 Å². The molecule has 0 fully saturated rings. The van der Waals surface area contributed by atoms with E-state index in [1.54, 1.807) is 24.3 Å². The molecule has 4 nitrogen and oxygen atoms in total. The van der Waals surface area contributed by atoms with Crippen LogP contribution in [0.15, 0.2) is 34.4 Å². The Morgan fingerprint density at radius 3 is 2.95 bits per heavy atom. The van der Waals surface area contributed by atoms with Gasteiger partial charge in [0.25, 0.3) is 5.56 Å². The van der Waals surface area contributed by atoms with Gasteiger partial charge in [-0.2, -0.15) is 0 Å². The number of aromatic nitrogens is 2. The van der Waals surface area contributed by atoms with Crippen LogP contribution >= 0.6 is 34.5 Å². The summed E-state index contributed by atoms with van der Waals surface area (Å²) in [5.74, 6) is 0.941. The molecule has 0 bridgehead atoms. The van der Waals surface area contributed by atoms with Gasteiger partial charge in [-0.05, 0) is 29.6 Å². The van der Waals surface area contributed by atoms with Crippen molar-refractivity contribution in [3.63, 3.8) is 0 Å². The van der Waals surface area contributed by atoms with Gasteiger partial charge in [-0.25, -0.2) is 4.98 Å². The minimum atomic E-state index is -0.161. The van der Waals surface area contributed by atoms with Gasteiger partial charge in [0.15, 0.2) is 0 Å². The maximum Gasteiger partial charge on any atom is 0.268 e. The number of thiophene rings is 1. The number of hydrogen-bond donors (Lipinski definition) is 1. The van der Waals surface area contributed by atoms with Gasteiger partial charge in [0.2, 0.25) is 0 Å². The lowest BCUT2D eigenvalue weighted by molar-refractivity contribution is 0.296. The molecule has 0 amide bonds. The largest absolute Gasteiger partial charge is 0.484 e. The molecule has 0 unspecified atom stereocenters. The topological polar surface area (TPSA) is 55.0 Å². The fraction of sp³-hybridized carbons (Fsp3) is 0.0769. The Labute approximate surface area is 127 Å². The number of nitrogens with one attached hydrogen (secondary N) is 1. The summed E-state index contributed by atoms with van der Waals surface area (Å²) in [6.45, 7) is 0.127. The highest BCUT2D eigenvalue weighted by molar-refractivity contribution is 7.17. The Kier molecular flexibility index (Phi) is 3.65. The molecule has 3 aromatic rings. The third kappa shape index (κ3) is 2.65. The lowest BCUT2D eigenvalue weighted by atomic mass is 10.3. The summed E-state index contributed by atoms with van der Waals surface area (Å²) >= 11 is 13.2. The molecule has 3 rings (SSSR count). The molecular formula is C13H8Cl2N2O2S. The van der Waals surface area contributed by atoms with Gasteiger partial charge in [-0.1, -0.05) is 23.2 Å². The normalized spacial score (nSPS) is 10.9. The molecule has 0 atom stereocenters. The molecule has 20 heavy (non-hydrogen) atoms. The molecule has 102 valence electrons. The predicted octanol–water partition coefficient (Wildman–Crippen LogP) is 3.87. The molecule has 0 aliphatic heterocycles. The zero-order valence-electron chi connectivity index (χ0n) is 10.0. The fourth-order valence-corrected chi connectivity index (χ4v) is 2.92. The summed E-state index contributed by atoms with van der Waals surface area (Å²) in [4.78, 5) is 18.8. The lowest BCUT2D eigenvalue weighted by Crippen LogP contribution is -2.12. The average molecular weight is 327 g/mol. The number of benzene rings is 1. The highest BCUT2D eigenvalue weighted by Crippen LogP contribution is 2.28. The van der Waals surface area contributed by atoms with E-state index in [1.165, 1.54) is 11.3 Å². The number of aromatic amines is 1. The molecule has 0 saturated heterocycles. The fourth-order valence-electron chi connectivity index (χ4n) is 1.73. The molecule has 0 aliphatic carbocycles. The van der Waals surface area contributed by atoms with E-state index < -0.39 is 0 Å². The minimum Gasteiger partial charge on any atom is -0.484 e. The van der Waals surface area contributed by atoms with Crippen LogP contribution in [0, 0.1) is 0 Å². The van der Waals surface area contributed by atoms with Crippen LogP contribution in [0.2, 0.25) is 10.0 Å². The molecule has 7 heteroatoms. The van der Waals surface area contributed by atoms with Crippen molar-refractivity contribution in [2.45, 2.75) is 6.61 Å². The Balaban J connectivity index is 1.84. The van der Waals surface area contributed by atoms with Gasteiger partial charge >= 0.3 is 0 Å². The van der Waals surface area contributed by atoms with Crippen LogP contribution in [-0.4, -0.2) is 9.97 Å². The van der Waals surface area contributed by atoms with Crippen molar-refractivity contribution in [1.29, 1.82) is 0 Å². The van der Waals surface area contributed by atoms with Gasteiger partial charge < -0.3 is 9.72 Å². The third-order valence-corrected chi connectivity index (χ3v) is 4.06. The Morgan fingerprint density at radius 1 is 1.30 bits per heavy atom. The van der Waals surface area contributed by atoms with Crippen LogP contribution in [0.1, 0.15) is 5.82 Å². The van der Waals surface area contributed by atoms with Crippen molar-refractivity contribution < 1.29 is 4.74 Å². The van der Waals surface area contributed by atoms with Crippen molar-refractivity contribution in [2.24, 2.45) is 0 Å². The standard InChI is InChI=1S/C13H8Cl2N2O2S/c14-7-1-2-10(8(15)5-7)19-6-11-16-9-3-4-20-12(9)13(18)17-11/h1-5H,6H2,(H,16,17,18). The van der Waals surface area contributed by atoms with Crippen LogP contribution in [0.4, 0.5) is 0 Å². The quantitative estimate of drug-likeness (QED) is 0.794. The third-order valence-electron chi connectivity index (χ3n) is 2.62. The summed E-state index contributed by atoms with van der Waals surface area (Å²) in [6.07, 6.45) is 0. The summed E-state index contributed by atoms with van der Waals surface area (Å²) in [6, 6.07) is 6.75. The molecular weight excluding hydrogens is 319 g/mol. The van der Waals surface area contributed by atoms with Crippen molar-refractivity contribution in [3.05, 3.63) is 55.9 Å².